The standard InChI is InChI=1S/C13H26N2O4/c1-3-5-9-15(10-6-4-2)13(19)14-8-7-11(16)12(17)18/h11,16H,3-10H2,1-2H3,(H,14,19)(H,17,18)/t11-/m0/s1. The van der Waals surface area contributed by atoms with Crippen LogP contribution in [0, 0.1) is 0 Å². The first kappa shape index (κ1) is 17.7. The van der Waals surface area contributed by atoms with E-state index in [1.54, 1.807) is 4.90 Å². The number of hydrogen-bond donors (Lipinski definition) is 3. The first-order chi connectivity index (χ1) is 9.02. The fourth-order valence-corrected chi connectivity index (χ4v) is 1.56. The number of carboxylic acid groups (broad SMARTS) is 1. The number of nitrogens with one attached hydrogen (secondary N) is 1. The molecule has 0 bridgehead atoms. The van der Waals surface area contributed by atoms with Gasteiger partial charge in [-0.2, -0.15) is 0 Å². The fourth-order valence-electron chi connectivity index (χ4n) is 1.56. The highest BCUT2D eigenvalue weighted by molar-refractivity contribution is 5.74. The van der Waals surface area contributed by atoms with E-state index in [9.17, 15) is 9.59 Å². The number of carboxylic acids is 1. The molecule has 0 saturated carbocycles. The number of unbranched alkanes of at least 4 members (excludes halogenated alkanes) is 2. The Kier molecular flexibility index (Phi) is 9.88. The third-order valence-corrected chi connectivity index (χ3v) is 2.83. The van der Waals surface area contributed by atoms with Gasteiger partial charge in [0.1, 0.15) is 0 Å². The van der Waals surface area contributed by atoms with Gasteiger partial charge >= 0.3 is 12.0 Å². The lowest BCUT2D eigenvalue weighted by Crippen LogP contribution is -2.42. The summed E-state index contributed by atoms with van der Waals surface area (Å²) < 4.78 is 0. The average Bonchev–Trinajstić information content (AvgIpc) is 2.38. The Balaban J connectivity index is 4.04. The van der Waals surface area contributed by atoms with E-state index in [1.165, 1.54) is 0 Å². The van der Waals surface area contributed by atoms with Gasteiger partial charge in [-0.15, -0.1) is 0 Å². The number of carbonyl (C=O) groups is 2. The highest BCUT2D eigenvalue weighted by Gasteiger charge is 2.15. The monoisotopic (exact) mass is 274 g/mol. The zero-order chi connectivity index (χ0) is 14.7. The number of urea groups is 1. The quantitative estimate of drug-likeness (QED) is 0.562. The predicted molar refractivity (Wildman–Crippen MR) is 73.0 cm³/mol. The number of carbonyl (C=O) groups excluding carboxylic acids is 1. The number of aliphatic carboxylic acids is 1. The summed E-state index contributed by atoms with van der Waals surface area (Å²) in [6.07, 6.45) is 2.56. The van der Waals surface area contributed by atoms with E-state index in [4.69, 9.17) is 10.2 Å². The van der Waals surface area contributed by atoms with E-state index in [1.807, 2.05) is 0 Å². The van der Waals surface area contributed by atoms with Crippen LogP contribution in [0.1, 0.15) is 46.0 Å². The van der Waals surface area contributed by atoms with Crippen molar-refractivity contribution in [2.45, 2.75) is 52.1 Å². The largest absolute Gasteiger partial charge is 0.479 e. The van der Waals surface area contributed by atoms with E-state index in [-0.39, 0.29) is 19.0 Å². The van der Waals surface area contributed by atoms with Gasteiger partial charge in [0.2, 0.25) is 0 Å². The molecule has 2 amide bonds. The van der Waals surface area contributed by atoms with Crippen molar-refractivity contribution in [1.82, 2.24) is 10.2 Å². The molecule has 0 saturated heterocycles. The summed E-state index contributed by atoms with van der Waals surface area (Å²) in [5.74, 6) is -1.26. The lowest BCUT2D eigenvalue weighted by molar-refractivity contribution is -0.146. The van der Waals surface area contributed by atoms with Gasteiger partial charge in [0.05, 0.1) is 0 Å². The molecule has 0 aromatic rings. The minimum absolute atomic E-state index is 0.0243. The number of rotatable bonds is 10. The Morgan fingerprint density at radius 2 is 1.68 bits per heavy atom. The maximum absolute atomic E-state index is 11.9. The highest BCUT2D eigenvalue weighted by atomic mass is 16.4. The first-order valence-electron chi connectivity index (χ1n) is 6.96. The van der Waals surface area contributed by atoms with Crippen LogP contribution in [-0.4, -0.2) is 52.9 Å². The van der Waals surface area contributed by atoms with Crippen LogP contribution >= 0.6 is 0 Å². The Morgan fingerprint density at radius 1 is 1.16 bits per heavy atom. The Hall–Kier alpha value is -1.30. The molecule has 6 nitrogen and oxygen atoms in total. The van der Waals surface area contributed by atoms with Gasteiger partial charge in [0.15, 0.2) is 6.10 Å². The topological polar surface area (TPSA) is 89.9 Å². The second-order valence-electron chi connectivity index (χ2n) is 4.57. The molecule has 6 heteroatoms. The molecule has 0 spiro atoms. The SMILES string of the molecule is CCCCN(CCCC)C(=O)NCC[C@H](O)C(=O)O. The van der Waals surface area contributed by atoms with Gasteiger partial charge < -0.3 is 20.4 Å². The van der Waals surface area contributed by atoms with Gasteiger partial charge in [0, 0.05) is 26.1 Å². The Bertz CT molecular complexity index is 263. The van der Waals surface area contributed by atoms with Gasteiger partial charge in [-0.1, -0.05) is 26.7 Å². The van der Waals surface area contributed by atoms with Crippen LogP contribution in [0.5, 0.6) is 0 Å². The van der Waals surface area contributed by atoms with Crippen molar-refractivity contribution in [2.24, 2.45) is 0 Å². The van der Waals surface area contributed by atoms with Crippen molar-refractivity contribution in [3.8, 4) is 0 Å². The summed E-state index contributed by atoms with van der Waals surface area (Å²) in [5.41, 5.74) is 0. The lowest BCUT2D eigenvalue weighted by Gasteiger charge is -2.23. The van der Waals surface area contributed by atoms with Crippen LogP contribution in [0.2, 0.25) is 0 Å². The number of nitrogens with zero attached hydrogens (tertiary/aromatic N) is 1. The summed E-state index contributed by atoms with van der Waals surface area (Å²) >= 11 is 0. The molecule has 0 aromatic heterocycles. The van der Waals surface area contributed by atoms with Crippen molar-refractivity contribution in [2.75, 3.05) is 19.6 Å². The van der Waals surface area contributed by atoms with Crippen LogP contribution < -0.4 is 5.32 Å². The molecule has 3 N–H and O–H groups in total. The number of hydrogen-bond acceptors (Lipinski definition) is 3. The molecule has 0 heterocycles. The molecule has 0 aliphatic rings. The summed E-state index contributed by atoms with van der Waals surface area (Å²) in [5, 5.41) is 20.3. The summed E-state index contributed by atoms with van der Waals surface area (Å²) in [7, 11) is 0. The molecule has 1 atom stereocenters. The van der Waals surface area contributed by atoms with Crippen LogP contribution in [0.4, 0.5) is 4.79 Å². The molecular weight excluding hydrogens is 248 g/mol. The minimum atomic E-state index is -1.42. The molecule has 0 aliphatic carbocycles. The Morgan fingerprint density at radius 3 is 2.11 bits per heavy atom. The molecule has 0 radical (unpaired) electrons. The van der Waals surface area contributed by atoms with Crippen molar-refractivity contribution in [1.29, 1.82) is 0 Å². The highest BCUT2D eigenvalue weighted by Crippen LogP contribution is 2.00. The zero-order valence-electron chi connectivity index (χ0n) is 11.9. The van der Waals surface area contributed by atoms with Gasteiger partial charge in [-0.05, 0) is 12.8 Å². The summed E-state index contributed by atoms with van der Waals surface area (Å²) in [6, 6.07) is -0.181. The molecule has 0 unspecified atom stereocenters. The minimum Gasteiger partial charge on any atom is -0.479 e. The smallest absolute Gasteiger partial charge is 0.332 e. The van der Waals surface area contributed by atoms with Crippen molar-refractivity contribution in [3.63, 3.8) is 0 Å². The predicted octanol–water partition coefficient (Wildman–Crippen LogP) is 1.43. The van der Waals surface area contributed by atoms with E-state index in [2.05, 4.69) is 19.2 Å². The zero-order valence-corrected chi connectivity index (χ0v) is 11.9. The summed E-state index contributed by atoms with van der Waals surface area (Å²) in [4.78, 5) is 24.1. The maximum Gasteiger partial charge on any atom is 0.332 e. The maximum atomic E-state index is 11.9. The van der Waals surface area contributed by atoms with Gasteiger partial charge in [0.25, 0.3) is 0 Å². The molecule has 0 aromatic carbocycles. The average molecular weight is 274 g/mol. The second kappa shape index (κ2) is 10.6. The molecule has 0 rings (SSSR count). The molecule has 19 heavy (non-hydrogen) atoms. The van der Waals surface area contributed by atoms with Crippen molar-refractivity contribution >= 4 is 12.0 Å². The van der Waals surface area contributed by atoms with Gasteiger partial charge in [-0.3, -0.25) is 0 Å². The number of aliphatic hydroxyl groups is 1. The van der Waals surface area contributed by atoms with E-state index < -0.39 is 12.1 Å². The fraction of sp³-hybridized carbons (Fsp3) is 0.846. The lowest BCUT2D eigenvalue weighted by atomic mass is 10.2. The number of amides is 2. The normalized spacial score (nSPS) is 11.9. The third kappa shape index (κ3) is 8.42. The Labute approximate surface area is 114 Å². The van der Waals surface area contributed by atoms with E-state index in [0.29, 0.717) is 13.1 Å². The van der Waals surface area contributed by atoms with Crippen LogP contribution in [-0.2, 0) is 4.79 Å². The van der Waals surface area contributed by atoms with E-state index in [0.717, 1.165) is 25.7 Å². The third-order valence-electron chi connectivity index (χ3n) is 2.83. The molecule has 112 valence electrons. The van der Waals surface area contributed by atoms with E-state index >= 15 is 0 Å². The number of aliphatic hydroxyl groups excluding tert-OH is 1. The second-order valence-corrected chi connectivity index (χ2v) is 4.57. The molecule has 0 aliphatic heterocycles. The van der Waals surface area contributed by atoms with Gasteiger partial charge in [-0.25, -0.2) is 9.59 Å². The van der Waals surface area contributed by atoms with Crippen molar-refractivity contribution < 1.29 is 19.8 Å². The van der Waals surface area contributed by atoms with Crippen LogP contribution in [0.3, 0.4) is 0 Å². The van der Waals surface area contributed by atoms with Crippen LogP contribution in [0.25, 0.3) is 0 Å². The first-order valence-corrected chi connectivity index (χ1v) is 6.96. The van der Waals surface area contributed by atoms with Crippen molar-refractivity contribution in [3.05, 3.63) is 0 Å². The molecule has 0 fully saturated rings. The van der Waals surface area contributed by atoms with Crippen LogP contribution in [0.15, 0.2) is 0 Å². The summed E-state index contributed by atoms with van der Waals surface area (Å²) in [6.45, 7) is 5.73. The molecular formula is C13H26N2O4.